The number of hydrogen-bond donors (Lipinski definition) is 0. The van der Waals surface area contributed by atoms with E-state index in [9.17, 15) is 18.0 Å². The molecule has 130 valence electrons. The van der Waals surface area contributed by atoms with Gasteiger partial charge in [0.1, 0.15) is 12.1 Å². The largest absolute Gasteiger partial charge is 0.417 e. The number of ketones is 1. The average Bonchev–Trinajstić information content (AvgIpc) is 2.96. The van der Waals surface area contributed by atoms with Crippen molar-refractivity contribution < 1.29 is 18.0 Å². The highest BCUT2D eigenvalue weighted by atomic mass is 35.5. The molecule has 2 aromatic rings. The highest BCUT2D eigenvalue weighted by Gasteiger charge is 2.41. The molecule has 0 N–H and O–H groups in total. The second-order valence-electron chi connectivity index (χ2n) is 5.31. The lowest BCUT2D eigenvalue weighted by molar-refractivity contribution is -0.137. The molecule has 3 rings (SSSR count). The van der Waals surface area contributed by atoms with E-state index in [1.165, 1.54) is 23.5 Å². The van der Waals surface area contributed by atoms with Crippen LogP contribution in [0.15, 0.2) is 47.0 Å². The number of hydrogen-bond acceptors (Lipinski definition) is 6. The van der Waals surface area contributed by atoms with E-state index in [2.05, 4.69) is 20.3 Å². The molecule has 0 amide bonds. The number of carbonyl (C=O) groups is 1. The van der Waals surface area contributed by atoms with Gasteiger partial charge in [0.05, 0.1) is 10.6 Å². The van der Waals surface area contributed by atoms with Crippen molar-refractivity contribution in [2.75, 3.05) is 5.01 Å². The lowest BCUT2D eigenvalue weighted by Gasteiger charge is -2.22. The van der Waals surface area contributed by atoms with Crippen LogP contribution < -0.4 is 5.01 Å². The van der Waals surface area contributed by atoms with Crippen LogP contribution in [0, 0.1) is 0 Å². The van der Waals surface area contributed by atoms with Gasteiger partial charge in [-0.2, -0.15) is 23.3 Å². The number of nitrogens with zero attached hydrogens (tertiary/aromatic N) is 5. The van der Waals surface area contributed by atoms with Crippen LogP contribution in [0.5, 0.6) is 0 Å². The fourth-order valence-electron chi connectivity index (χ4n) is 2.46. The molecule has 0 saturated carbocycles. The number of anilines is 1. The Labute approximate surface area is 145 Å². The first-order chi connectivity index (χ1) is 11.8. The molecule has 0 fully saturated rings. The second-order valence-corrected chi connectivity index (χ2v) is 5.69. The van der Waals surface area contributed by atoms with E-state index in [1.54, 1.807) is 13.0 Å². The summed E-state index contributed by atoms with van der Waals surface area (Å²) in [4.78, 5) is 20.9. The molecular formula is C15H11ClF3N5O. The van der Waals surface area contributed by atoms with Crippen LogP contribution in [0.4, 0.5) is 19.1 Å². The third-order valence-electron chi connectivity index (χ3n) is 3.65. The quantitative estimate of drug-likeness (QED) is 0.767. The monoisotopic (exact) mass is 369 g/mol. The minimum Gasteiger partial charge on any atom is -0.292 e. The van der Waals surface area contributed by atoms with Crippen molar-refractivity contribution in [1.29, 1.82) is 0 Å². The number of aromatic nitrogens is 2. The van der Waals surface area contributed by atoms with Gasteiger partial charge in [0.2, 0.25) is 5.95 Å². The lowest BCUT2D eigenvalue weighted by Crippen LogP contribution is -2.41. The minimum atomic E-state index is -4.66. The predicted octanol–water partition coefficient (Wildman–Crippen LogP) is 3.98. The molecule has 25 heavy (non-hydrogen) atoms. The highest BCUT2D eigenvalue weighted by molar-refractivity contribution is 6.35. The summed E-state index contributed by atoms with van der Waals surface area (Å²) in [6.45, 7) is 1.62. The Hall–Kier alpha value is -2.55. The van der Waals surface area contributed by atoms with E-state index in [1.807, 2.05) is 0 Å². The Morgan fingerprint density at radius 2 is 1.88 bits per heavy atom. The SMILES string of the molecule is CC1N=NN(c2ncccn2)C1C(=O)c1cccc(C(F)(F)F)c1Cl. The van der Waals surface area contributed by atoms with Gasteiger partial charge in [-0.15, -0.1) is 0 Å². The summed E-state index contributed by atoms with van der Waals surface area (Å²) in [6, 6.07) is 3.21. The summed E-state index contributed by atoms with van der Waals surface area (Å²) in [5.74, 6) is -0.516. The van der Waals surface area contributed by atoms with E-state index in [-0.39, 0.29) is 11.5 Å². The van der Waals surface area contributed by atoms with Crippen LogP contribution >= 0.6 is 11.6 Å². The average molecular weight is 370 g/mol. The van der Waals surface area contributed by atoms with Gasteiger partial charge in [0, 0.05) is 18.0 Å². The minimum absolute atomic E-state index is 0.122. The highest BCUT2D eigenvalue weighted by Crippen LogP contribution is 2.37. The van der Waals surface area contributed by atoms with Crippen molar-refractivity contribution in [1.82, 2.24) is 9.97 Å². The molecule has 6 nitrogen and oxygen atoms in total. The normalized spacial score (nSPS) is 20.1. The summed E-state index contributed by atoms with van der Waals surface area (Å²) >= 11 is 5.86. The van der Waals surface area contributed by atoms with E-state index in [0.717, 1.165) is 12.1 Å². The molecule has 1 aromatic carbocycles. The molecule has 10 heteroatoms. The molecule has 1 aliphatic heterocycles. The van der Waals surface area contributed by atoms with Gasteiger partial charge >= 0.3 is 6.18 Å². The predicted molar refractivity (Wildman–Crippen MR) is 83.4 cm³/mol. The molecule has 2 unspecified atom stereocenters. The second kappa shape index (κ2) is 6.40. The Kier molecular flexibility index (Phi) is 4.42. The summed E-state index contributed by atoms with van der Waals surface area (Å²) in [7, 11) is 0. The summed E-state index contributed by atoms with van der Waals surface area (Å²) < 4.78 is 39.1. The number of alkyl halides is 3. The number of carbonyl (C=O) groups excluding carboxylic acids is 1. The third-order valence-corrected chi connectivity index (χ3v) is 4.05. The summed E-state index contributed by atoms with van der Waals surface area (Å²) in [5, 5.41) is 8.31. The molecule has 1 aromatic heterocycles. The van der Waals surface area contributed by atoms with Crippen molar-refractivity contribution in [3.05, 3.63) is 52.8 Å². The molecule has 0 saturated heterocycles. The molecular weight excluding hydrogens is 359 g/mol. The standard InChI is InChI=1S/C15H11ClF3N5O/c1-8-12(24(23-22-8)14-20-6-3-7-21-14)13(25)9-4-2-5-10(11(9)16)15(17,18)19/h2-8,12H,1H3. The zero-order valence-electron chi connectivity index (χ0n) is 12.8. The van der Waals surface area contributed by atoms with Gasteiger partial charge in [0.15, 0.2) is 5.78 Å². The third kappa shape index (κ3) is 3.19. The van der Waals surface area contributed by atoms with Gasteiger partial charge in [0.25, 0.3) is 0 Å². The molecule has 0 spiro atoms. The molecule has 0 bridgehead atoms. The molecule has 1 aliphatic rings. The number of rotatable bonds is 3. The van der Waals surface area contributed by atoms with Crippen LogP contribution in [0.1, 0.15) is 22.8 Å². The van der Waals surface area contributed by atoms with Gasteiger partial charge in [-0.3, -0.25) is 4.79 Å². The van der Waals surface area contributed by atoms with E-state index >= 15 is 0 Å². The lowest BCUT2D eigenvalue weighted by atomic mass is 9.97. The first-order valence-electron chi connectivity index (χ1n) is 7.17. The zero-order chi connectivity index (χ0) is 18.2. The van der Waals surface area contributed by atoms with Crippen molar-refractivity contribution in [2.45, 2.75) is 25.2 Å². The van der Waals surface area contributed by atoms with Crippen LogP contribution in [0.3, 0.4) is 0 Å². The maximum Gasteiger partial charge on any atom is 0.417 e. The fourth-order valence-corrected chi connectivity index (χ4v) is 2.79. The van der Waals surface area contributed by atoms with Crippen LogP contribution in [0.2, 0.25) is 5.02 Å². The van der Waals surface area contributed by atoms with Crippen LogP contribution in [0.25, 0.3) is 0 Å². The van der Waals surface area contributed by atoms with Crippen LogP contribution in [-0.4, -0.2) is 27.8 Å². The van der Waals surface area contributed by atoms with Gasteiger partial charge in [-0.1, -0.05) is 22.9 Å². The Balaban J connectivity index is 2.00. The number of halogens is 4. The first-order valence-corrected chi connectivity index (χ1v) is 7.55. The maximum atomic E-state index is 13.0. The van der Waals surface area contributed by atoms with Gasteiger partial charge < -0.3 is 0 Å². The maximum absolute atomic E-state index is 13.0. The molecule has 2 atom stereocenters. The van der Waals surface area contributed by atoms with E-state index in [4.69, 9.17) is 11.6 Å². The van der Waals surface area contributed by atoms with E-state index in [0.29, 0.717) is 0 Å². The summed E-state index contributed by atoms with van der Waals surface area (Å²) in [5.41, 5.74) is -1.32. The number of benzene rings is 1. The number of Topliss-reactive ketones (excluding diaryl/α,β-unsaturated/α-hetero) is 1. The molecule has 2 heterocycles. The Bertz CT molecular complexity index is 828. The van der Waals surface area contributed by atoms with Crippen molar-refractivity contribution in [2.24, 2.45) is 10.3 Å². The smallest absolute Gasteiger partial charge is 0.292 e. The fraction of sp³-hybridized carbons (Fsp3) is 0.267. The zero-order valence-corrected chi connectivity index (χ0v) is 13.5. The van der Waals surface area contributed by atoms with Crippen molar-refractivity contribution in [3.63, 3.8) is 0 Å². The van der Waals surface area contributed by atoms with Crippen LogP contribution in [-0.2, 0) is 6.18 Å². The van der Waals surface area contributed by atoms with E-state index < -0.39 is 34.6 Å². The topological polar surface area (TPSA) is 70.8 Å². The van der Waals surface area contributed by atoms with Gasteiger partial charge in [-0.25, -0.2) is 9.97 Å². The Morgan fingerprint density at radius 1 is 1.20 bits per heavy atom. The first kappa shape index (κ1) is 17.3. The summed E-state index contributed by atoms with van der Waals surface area (Å²) in [6.07, 6.45) is -1.75. The van der Waals surface area contributed by atoms with Crippen molar-refractivity contribution >= 4 is 23.3 Å². The Morgan fingerprint density at radius 3 is 2.52 bits per heavy atom. The molecule has 0 aliphatic carbocycles. The van der Waals surface area contributed by atoms with Gasteiger partial charge in [-0.05, 0) is 25.1 Å². The molecule has 0 radical (unpaired) electrons. The van der Waals surface area contributed by atoms with Crippen molar-refractivity contribution in [3.8, 4) is 0 Å².